The quantitative estimate of drug-likeness (QED) is 0.450. The topological polar surface area (TPSA) is 150 Å². The molecular formula is C3H6Na4O7Si. The molecule has 0 amide bonds. The third-order valence-corrected chi connectivity index (χ3v) is 0.357. The Morgan fingerprint density at radius 3 is 1.13 bits per heavy atom. The predicted octanol–water partition coefficient (Wildman–Crippen LogP) is -17.7. The van der Waals surface area contributed by atoms with Gasteiger partial charge in [0.1, 0.15) is 6.10 Å². The van der Waals surface area contributed by atoms with E-state index in [9.17, 15) is 4.79 Å². The van der Waals surface area contributed by atoms with E-state index < -0.39 is 21.1 Å². The molecule has 12 heteroatoms. The van der Waals surface area contributed by atoms with Crippen LogP contribution in [0.5, 0.6) is 0 Å². The Kier molecular flexibility index (Phi) is 47.9. The first kappa shape index (κ1) is 36.3. The van der Waals surface area contributed by atoms with Crippen LogP contribution >= 0.6 is 0 Å². The Morgan fingerprint density at radius 1 is 1.07 bits per heavy atom. The molecule has 0 radical (unpaired) electrons. The molecule has 0 fully saturated rings. The fourth-order valence-electron chi connectivity index (χ4n) is 0. The van der Waals surface area contributed by atoms with E-state index in [0.717, 1.165) is 0 Å². The van der Waals surface area contributed by atoms with Crippen molar-refractivity contribution in [3.63, 3.8) is 0 Å². The number of carbonyl (C=O) groups is 1. The van der Waals surface area contributed by atoms with Crippen molar-refractivity contribution in [1.82, 2.24) is 0 Å². The van der Waals surface area contributed by atoms with Gasteiger partial charge in [0, 0.05) is 0 Å². The van der Waals surface area contributed by atoms with Crippen LogP contribution in [0.15, 0.2) is 0 Å². The summed E-state index contributed by atoms with van der Waals surface area (Å²) in [5.41, 5.74) is 0. The molecule has 1 atom stereocenters. The summed E-state index contributed by atoms with van der Waals surface area (Å²) in [5, 5.41) is 15.8. The minimum absolute atomic E-state index is 0. The van der Waals surface area contributed by atoms with Gasteiger partial charge in [0.05, 0.1) is 0 Å². The SMILES string of the molecule is CC(O)C(=O)O.[Na+].[Na+].[Na+].[Na+].[O-][Si]([O-])([O-])[O-]. The molecule has 1 unspecified atom stereocenters. The number of aliphatic hydroxyl groups is 1. The monoisotopic (exact) mass is 274 g/mol. The number of aliphatic carboxylic acids is 1. The van der Waals surface area contributed by atoms with Crippen LogP contribution < -0.4 is 137 Å². The van der Waals surface area contributed by atoms with E-state index in [-0.39, 0.29) is 118 Å². The molecule has 0 saturated carbocycles. The van der Waals surface area contributed by atoms with Crippen molar-refractivity contribution >= 4 is 15.0 Å². The zero-order valence-electron chi connectivity index (χ0n) is 9.51. The fraction of sp³-hybridized carbons (Fsp3) is 0.667. The summed E-state index contributed by atoms with van der Waals surface area (Å²) >= 11 is 0. The summed E-state index contributed by atoms with van der Waals surface area (Å²) in [6, 6.07) is 0. The zero-order valence-corrected chi connectivity index (χ0v) is 18.5. The van der Waals surface area contributed by atoms with Crippen molar-refractivity contribution in [2.24, 2.45) is 0 Å². The second-order valence-electron chi connectivity index (χ2n) is 1.51. The molecule has 0 aromatic carbocycles. The molecule has 0 aliphatic rings. The summed E-state index contributed by atoms with van der Waals surface area (Å²) in [4.78, 5) is 43.8. The van der Waals surface area contributed by atoms with Crippen LogP contribution in [-0.4, -0.2) is 31.3 Å². The summed E-state index contributed by atoms with van der Waals surface area (Å²) in [5.74, 6) is -1.19. The Morgan fingerprint density at radius 2 is 1.13 bits per heavy atom. The van der Waals surface area contributed by atoms with Crippen LogP contribution in [-0.2, 0) is 4.79 Å². The van der Waals surface area contributed by atoms with Crippen molar-refractivity contribution in [2.45, 2.75) is 13.0 Å². The van der Waals surface area contributed by atoms with E-state index >= 15 is 0 Å². The Balaban J connectivity index is -0.0000000215. The van der Waals surface area contributed by atoms with Gasteiger partial charge in [0.25, 0.3) is 0 Å². The average Bonchev–Trinajstić information content (AvgIpc) is 1.59. The van der Waals surface area contributed by atoms with Crippen molar-refractivity contribution in [3.8, 4) is 0 Å². The first-order valence-electron chi connectivity index (χ1n) is 2.37. The number of hydrogen-bond acceptors (Lipinski definition) is 6. The molecule has 0 rings (SSSR count). The molecule has 0 aliphatic carbocycles. The van der Waals surface area contributed by atoms with Crippen LogP contribution in [0.3, 0.4) is 0 Å². The molecule has 0 bridgehead atoms. The minimum atomic E-state index is -5.61. The second kappa shape index (κ2) is 19.8. The third-order valence-electron chi connectivity index (χ3n) is 0.357. The molecule has 0 aromatic rings. The Hall–Kier alpha value is 3.49. The maximum atomic E-state index is 9.45. The first-order chi connectivity index (χ1) is 4.64. The van der Waals surface area contributed by atoms with Gasteiger partial charge >= 0.3 is 124 Å². The van der Waals surface area contributed by atoms with Crippen molar-refractivity contribution < 1.29 is 152 Å². The Labute approximate surface area is 177 Å². The number of carboxylic acid groups (broad SMARTS) is 1. The fourth-order valence-corrected chi connectivity index (χ4v) is 0. The maximum absolute atomic E-state index is 9.45. The average molecular weight is 274 g/mol. The molecule has 68 valence electrons. The van der Waals surface area contributed by atoms with E-state index in [4.69, 9.17) is 29.4 Å². The molecule has 0 heterocycles. The van der Waals surface area contributed by atoms with Gasteiger partial charge in [-0.25, -0.2) is 4.79 Å². The van der Waals surface area contributed by atoms with Crippen LogP contribution in [0.2, 0.25) is 0 Å². The van der Waals surface area contributed by atoms with Gasteiger partial charge in [0.15, 0.2) is 0 Å². The van der Waals surface area contributed by atoms with Gasteiger partial charge in [-0.2, -0.15) is 0 Å². The summed E-state index contributed by atoms with van der Waals surface area (Å²) in [7, 11) is -5.61. The van der Waals surface area contributed by atoms with Gasteiger partial charge in [0.2, 0.25) is 0 Å². The number of aliphatic hydroxyl groups excluding tert-OH is 1. The largest absolute Gasteiger partial charge is 1.00 e. The smallest absolute Gasteiger partial charge is 0.894 e. The summed E-state index contributed by atoms with van der Waals surface area (Å²) in [6.07, 6.45) is -1.23. The van der Waals surface area contributed by atoms with Crippen LogP contribution in [0, 0.1) is 0 Å². The van der Waals surface area contributed by atoms with E-state index in [1.807, 2.05) is 0 Å². The number of rotatable bonds is 1. The van der Waals surface area contributed by atoms with E-state index in [0.29, 0.717) is 0 Å². The van der Waals surface area contributed by atoms with E-state index in [1.54, 1.807) is 0 Å². The van der Waals surface area contributed by atoms with Crippen molar-refractivity contribution in [3.05, 3.63) is 0 Å². The molecule has 0 saturated heterocycles. The molecule has 0 aliphatic heterocycles. The van der Waals surface area contributed by atoms with Crippen molar-refractivity contribution in [2.75, 3.05) is 0 Å². The first-order valence-corrected chi connectivity index (χ1v) is 4.00. The molecule has 2 N–H and O–H groups in total. The predicted molar refractivity (Wildman–Crippen MR) is 25.1 cm³/mol. The van der Waals surface area contributed by atoms with Gasteiger partial charge in [-0.15, -0.1) is 0 Å². The van der Waals surface area contributed by atoms with E-state index in [1.165, 1.54) is 6.92 Å². The number of hydrogen-bond donors (Lipinski definition) is 2. The maximum Gasteiger partial charge on any atom is 1.00 e. The van der Waals surface area contributed by atoms with Crippen molar-refractivity contribution in [1.29, 1.82) is 0 Å². The summed E-state index contributed by atoms with van der Waals surface area (Å²) < 4.78 is 0. The second-order valence-corrected chi connectivity index (χ2v) is 2.51. The number of carboxylic acids is 1. The standard InChI is InChI=1S/C3H6O3.4Na.O4Si/c1-2(4)3(5)6;;;;;1-5(2,3)4/h2,4H,1H3,(H,5,6);;;;;/q;4*+1;-4. The van der Waals surface area contributed by atoms with Gasteiger partial charge < -0.3 is 38.4 Å². The minimum Gasteiger partial charge on any atom is -0.894 e. The Bertz CT molecular complexity index is 122. The summed E-state index contributed by atoms with van der Waals surface area (Å²) in [6.45, 7) is 1.20. The van der Waals surface area contributed by atoms with Crippen LogP contribution in [0.4, 0.5) is 0 Å². The van der Waals surface area contributed by atoms with Gasteiger partial charge in [-0.05, 0) is 6.92 Å². The zero-order chi connectivity index (χ0) is 9.65. The molecular weight excluding hydrogens is 268 g/mol. The van der Waals surface area contributed by atoms with E-state index in [2.05, 4.69) is 0 Å². The third kappa shape index (κ3) is 74.8. The molecule has 7 nitrogen and oxygen atoms in total. The van der Waals surface area contributed by atoms with Crippen LogP contribution in [0.1, 0.15) is 6.92 Å². The normalized spacial score (nSPS) is 9.47. The molecule has 15 heavy (non-hydrogen) atoms. The van der Waals surface area contributed by atoms with Crippen LogP contribution in [0.25, 0.3) is 0 Å². The van der Waals surface area contributed by atoms with Gasteiger partial charge in [-0.1, -0.05) is 0 Å². The molecule has 0 aromatic heterocycles. The molecule has 0 spiro atoms. The van der Waals surface area contributed by atoms with Gasteiger partial charge in [-0.3, -0.25) is 0 Å².